The lowest BCUT2D eigenvalue weighted by Gasteiger charge is -2.32. The Hall–Kier alpha value is -2.73. The van der Waals surface area contributed by atoms with E-state index < -0.39 is 0 Å². The molecule has 2 fully saturated rings. The van der Waals surface area contributed by atoms with Gasteiger partial charge < -0.3 is 14.6 Å². The van der Waals surface area contributed by atoms with E-state index in [0.717, 1.165) is 80.0 Å². The average molecular weight is 419 g/mol. The van der Waals surface area contributed by atoms with E-state index in [0.29, 0.717) is 12.2 Å². The zero-order valence-electron chi connectivity index (χ0n) is 18.2. The van der Waals surface area contributed by atoms with Crippen LogP contribution in [-0.2, 0) is 16.0 Å². The highest BCUT2D eigenvalue weighted by Crippen LogP contribution is 2.38. The molecule has 1 aliphatic carbocycles. The summed E-state index contributed by atoms with van der Waals surface area (Å²) in [6.07, 6.45) is 9.68. The Labute approximate surface area is 183 Å². The van der Waals surface area contributed by atoms with Gasteiger partial charge in [-0.05, 0) is 25.0 Å². The molecule has 1 N–H and O–H groups in total. The standard InChI is InChI=1S/C25H30N4O2/c1-25(8-3-2-4-9-25)22(30)15-19-16-26-24-23(19)28-21(17-27-24)18-6-5-7-20(14-18)29-10-12-31-13-11-29/h5-7,14,16-17H,2-4,8-13,15H2,1H3,(H,26,27). The Morgan fingerprint density at radius 3 is 2.81 bits per heavy atom. The topological polar surface area (TPSA) is 71.1 Å². The highest BCUT2D eigenvalue weighted by molar-refractivity contribution is 5.90. The van der Waals surface area contributed by atoms with Gasteiger partial charge in [0.15, 0.2) is 5.65 Å². The number of nitrogens with zero attached hydrogens (tertiary/aromatic N) is 3. The maximum absolute atomic E-state index is 13.1. The summed E-state index contributed by atoms with van der Waals surface area (Å²) in [6.45, 7) is 5.46. The molecule has 3 aromatic rings. The van der Waals surface area contributed by atoms with E-state index >= 15 is 0 Å². The van der Waals surface area contributed by atoms with Crippen LogP contribution in [0.1, 0.15) is 44.6 Å². The van der Waals surface area contributed by atoms with Crippen LogP contribution in [0.3, 0.4) is 0 Å². The van der Waals surface area contributed by atoms with Crippen molar-refractivity contribution in [3.63, 3.8) is 0 Å². The van der Waals surface area contributed by atoms with Gasteiger partial charge in [0.1, 0.15) is 11.3 Å². The van der Waals surface area contributed by atoms with Crippen molar-refractivity contribution in [2.45, 2.75) is 45.4 Å². The number of nitrogens with one attached hydrogen (secondary N) is 1. The number of aromatic amines is 1. The van der Waals surface area contributed by atoms with Gasteiger partial charge in [-0.3, -0.25) is 4.79 Å². The molecule has 6 heteroatoms. The number of H-pyrrole nitrogens is 1. The van der Waals surface area contributed by atoms with Crippen molar-refractivity contribution in [3.05, 3.63) is 42.2 Å². The summed E-state index contributed by atoms with van der Waals surface area (Å²) in [5, 5.41) is 0. The number of ether oxygens (including phenoxy) is 1. The monoisotopic (exact) mass is 418 g/mol. The van der Waals surface area contributed by atoms with Crippen LogP contribution < -0.4 is 4.90 Å². The van der Waals surface area contributed by atoms with Crippen molar-refractivity contribution in [1.29, 1.82) is 0 Å². The second-order valence-corrected chi connectivity index (χ2v) is 9.14. The Balaban J connectivity index is 1.42. The van der Waals surface area contributed by atoms with Gasteiger partial charge in [-0.25, -0.2) is 9.97 Å². The Morgan fingerprint density at radius 2 is 2.00 bits per heavy atom. The SMILES string of the molecule is CC1(C(=O)Cc2c[nH]c3ncc(-c4cccc(N5CCOCC5)c4)nc23)CCCCC1. The zero-order chi connectivity index (χ0) is 21.3. The van der Waals surface area contributed by atoms with E-state index in [1.165, 1.54) is 12.1 Å². The molecule has 1 aromatic carbocycles. The summed E-state index contributed by atoms with van der Waals surface area (Å²) in [7, 11) is 0. The summed E-state index contributed by atoms with van der Waals surface area (Å²) < 4.78 is 5.48. The van der Waals surface area contributed by atoms with Crippen molar-refractivity contribution in [2.24, 2.45) is 5.41 Å². The minimum Gasteiger partial charge on any atom is -0.378 e. The van der Waals surface area contributed by atoms with E-state index in [4.69, 9.17) is 9.72 Å². The maximum Gasteiger partial charge on any atom is 0.156 e. The Morgan fingerprint density at radius 1 is 1.19 bits per heavy atom. The fourth-order valence-electron chi connectivity index (χ4n) is 4.90. The third-order valence-corrected chi connectivity index (χ3v) is 6.96. The van der Waals surface area contributed by atoms with Crippen molar-refractivity contribution in [2.75, 3.05) is 31.2 Å². The number of aromatic nitrogens is 3. The van der Waals surface area contributed by atoms with Gasteiger partial charge in [-0.15, -0.1) is 0 Å². The number of morpholine rings is 1. The molecule has 0 radical (unpaired) electrons. The first-order chi connectivity index (χ1) is 15.1. The summed E-state index contributed by atoms with van der Waals surface area (Å²) in [5.41, 5.74) is 5.35. The largest absolute Gasteiger partial charge is 0.378 e. The second-order valence-electron chi connectivity index (χ2n) is 9.14. The van der Waals surface area contributed by atoms with Crippen LogP contribution in [0.5, 0.6) is 0 Å². The quantitative estimate of drug-likeness (QED) is 0.658. The van der Waals surface area contributed by atoms with E-state index in [2.05, 4.69) is 46.1 Å². The molecule has 0 amide bonds. The summed E-state index contributed by atoms with van der Waals surface area (Å²) in [5.74, 6) is 0.328. The molecule has 1 saturated carbocycles. The molecule has 2 aromatic heterocycles. The maximum atomic E-state index is 13.1. The van der Waals surface area contributed by atoms with Crippen LogP contribution in [0.25, 0.3) is 22.4 Å². The third kappa shape index (κ3) is 4.09. The number of hydrogen-bond donors (Lipinski definition) is 1. The fourth-order valence-corrected chi connectivity index (χ4v) is 4.90. The lowest BCUT2D eigenvalue weighted by molar-refractivity contribution is -0.128. The molecule has 2 aliphatic rings. The molecular weight excluding hydrogens is 388 g/mol. The van der Waals surface area contributed by atoms with Crippen molar-refractivity contribution in [3.8, 4) is 11.3 Å². The molecular formula is C25H30N4O2. The molecule has 5 rings (SSSR count). The smallest absolute Gasteiger partial charge is 0.156 e. The van der Waals surface area contributed by atoms with Crippen LogP contribution in [0.4, 0.5) is 5.69 Å². The molecule has 1 saturated heterocycles. The second kappa shape index (κ2) is 8.42. The zero-order valence-corrected chi connectivity index (χ0v) is 18.2. The Kier molecular flexibility index (Phi) is 5.48. The molecule has 162 valence electrons. The number of Topliss-reactive ketones (excluding diaryl/α,β-unsaturated/α-hetero) is 1. The molecule has 0 atom stereocenters. The summed E-state index contributed by atoms with van der Waals surface area (Å²) in [6, 6.07) is 8.44. The van der Waals surface area contributed by atoms with Gasteiger partial charge in [-0.1, -0.05) is 38.3 Å². The molecule has 3 heterocycles. The van der Waals surface area contributed by atoms with Crippen LogP contribution >= 0.6 is 0 Å². The minimum absolute atomic E-state index is 0.195. The predicted octanol–water partition coefficient (Wildman–Crippen LogP) is 4.54. The van der Waals surface area contributed by atoms with Crippen LogP contribution in [0, 0.1) is 5.41 Å². The van der Waals surface area contributed by atoms with Gasteiger partial charge >= 0.3 is 0 Å². The number of ketones is 1. The summed E-state index contributed by atoms with van der Waals surface area (Å²) in [4.78, 5) is 28.2. The number of carbonyl (C=O) groups is 1. The van der Waals surface area contributed by atoms with Crippen LogP contribution in [0.15, 0.2) is 36.7 Å². The lowest BCUT2D eigenvalue weighted by Crippen LogP contribution is -2.36. The van der Waals surface area contributed by atoms with E-state index in [-0.39, 0.29) is 5.41 Å². The van der Waals surface area contributed by atoms with Gasteiger partial charge in [-0.2, -0.15) is 0 Å². The van der Waals surface area contributed by atoms with Crippen LogP contribution in [-0.4, -0.2) is 47.0 Å². The molecule has 0 spiro atoms. The normalized spacial score (nSPS) is 18.9. The first-order valence-corrected chi connectivity index (χ1v) is 11.4. The van der Waals surface area contributed by atoms with Gasteiger partial charge in [0.05, 0.1) is 25.1 Å². The number of rotatable bonds is 5. The third-order valence-electron chi connectivity index (χ3n) is 6.96. The van der Waals surface area contributed by atoms with E-state index in [9.17, 15) is 4.79 Å². The van der Waals surface area contributed by atoms with E-state index in [1.807, 2.05) is 12.4 Å². The average Bonchev–Trinajstić information content (AvgIpc) is 3.22. The summed E-state index contributed by atoms with van der Waals surface area (Å²) >= 11 is 0. The van der Waals surface area contributed by atoms with E-state index in [1.54, 1.807) is 0 Å². The van der Waals surface area contributed by atoms with Crippen LogP contribution in [0.2, 0.25) is 0 Å². The lowest BCUT2D eigenvalue weighted by atomic mass is 9.71. The highest BCUT2D eigenvalue weighted by atomic mass is 16.5. The highest BCUT2D eigenvalue weighted by Gasteiger charge is 2.34. The first-order valence-electron chi connectivity index (χ1n) is 11.4. The number of hydrogen-bond acceptors (Lipinski definition) is 5. The molecule has 0 unspecified atom stereocenters. The Bertz CT molecular complexity index is 1080. The van der Waals surface area contributed by atoms with Crippen molar-refractivity contribution >= 4 is 22.6 Å². The van der Waals surface area contributed by atoms with Gasteiger partial charge in [0.25, 0.3) is 0 Å². The number of carbonyl (C=O) groups excluding carboxylic acids is 1. The molecule has 6 nitrogen and oxygen atoms in total. The van der Waals surface area contributed by atoms with Crippen molar-refractivity contribution in [1.82, 2.24) is 15.0 Å². The molecule has 31 heavy (non-hydrogen) atoms. The molecule has 1 aliphatic heterocycles. The van der Waals surface area contributed by atoms with Gasteiger partial charge in [0, 0.05) is 47.9 Å². The van der Waals surface area contributed by atoms with Crippen molar-refractivity contribution < 1.29 is 9.53 Å². The molecule has 0 bridgehead atoms. The number of benzene rings is 1. The number of anilines is 1. The van der Waals surface area contributed by atoms with Gasteiger partial charge in [0.2, 0.25) is 0 Å². The minimum atomic E-state index is -0.195. The number of fused-ring (bicyclic) bond motifs is 1. The first kappa shape index (κ1) is 20.2. The fraction of sp³-hybridized carbons (Fsp3) is 0.480. The predicted molar refractivity (Wildman–Crippen MR) is 122 cm³/mol.